The largest absolute Gasteiger partial charge is 0.510 e. The minimum absolute atomic E-state index is 0.00873. The summed E-state index contributed by atoms with van der Waals surface area (Å²) in [5.74, 6) is -2.15. The van der Waals surface area contributed by atoms with Crippen LogP contribution in [0.4, 0.5) is 13.6 Å². The molecule has 14 heteroatoms. The maximum Gasteiger partial charge on any atom is 0.510 e. The van der Waals surface area contributed by atoms with Crippen LogP contribution in [0.5, 0.6) is 0 Å². The number of amides is 1. The van der Waals surface area contributed by atoms with Crippen molar-refractivity contribution in [3.63, 3.8) is 0 Å². The van der Waals surface area contributed by atoms with Gasteiger partial charge in [-0.05, 0) is 29.2 Å². The number of hydrazine groups is 1. The molecule has 3 unspecified atom stereocenters. The van der Waals surface area contributed by atoms with Gasteiger partial charge in [0.15, 0.2) is 23.1 Å². The van der Waals surface area contributed by atoms with E-state index in [2.05, 4.69) is 4.74 Å². The number of hydrogen-bond acceptors (Lipinski definition) is 11. The van der Waals surface area contributed by atoms with Gasteiger partial charge in [0.2, 0.25) is 6.79 Å². The summed E-state index contributed by atoms with van der Waals surface area (Å²) in [6.07, 6.45) is 0.0601. The zero-order valence-electron chi connectivity index (χ0n) is 20.5. The third-order valence-corrected chi connectivity index (χ3v) is 9.21. The lowest BCUT2D eigenvalue weighted by atomic mass is 9.94. The predicted octanol–water partition coefficient (Wildman–Crippen LogP) is 3.30. The minimum Gasteiger partial charge on any atom is -0.456 e. The number of hydrogen-bond donors (Lipinski definition) is 1. The van der Waals surface area contributed by atoms with Crippen molar-refractivity contribution in [2.75, 3.05) is 33.7 Å². The van der Waals surface area contributed by atoms with E-state index in [1.807, 2.05) is 16.5 Å². The number of methoxy groups -OCH3 is 1. The molecule has 3 atom stereocenters. The summed E-state index contributed by atoms with van der Waals surface area (Å²) in [5.41, 5.74) is 1.66. The number of aliphatic hydroxyl groups is 1. The fourth-order valence-electron chi connectivity index (χ4n) is 5.18. The summed E-state index contributed by atoms with van der Waals surface area (Å²) >= 11 is 2.92. The maximum absolute atomic E-state index is 15.2. The highest BCUT2D eigenvalue weighted by Gasteiger charge is 2.51. The monoisotopic (exact) mass is 579 g/mol. The average molecular weight is 580 g/mol. The Bertz CT molecular complexity index is 1380. The van der Waals surface area contributed by atoms with E-state index in [9.17, 15) is 19.1 Å². The number of morpholine rings is 1. The Hall–Kier alpha value is -3.17. The van der Waals surface area contributed by atoms with E-state index in [0.717, 1.165) is 22.9 Å². The Morgan fingerprint density at radius 2 is 2.10 bits per heavy atom. The zero-order chi connectivity index (χ0) is 27.3. The van der Waals surface area contributed by atoms with E-state index in [1.165, 1.54) is 29.2 Å². The normalized spacial score (nSPS) is 24.4. The van der Waals surface area contributed by atoms with Crippen LogP contribution in [-0.2, 0) is 29.5 Å². The van der Waals surface area contributed by atoms with E-state index in [1.54, 1.807) is 22.2 Å². The number of carbonyl (C=O) groups is 2. The number of halogens is 2. The molecule has 0 spiro atoms. The summed E-state index contributed by atoms with van der Waals surface area (Å²) in [5, 5.41) is 16.1. The van der Waals surface area contributed by atoms with E-state index >= 15 is 4.39 Å². The fraction of sp³-hybridized carbons (Fsp3) is 0.360. The number of benzene rings is 1. The predicted molar refractivity (Wildman–Crippen MR) is 134 cm³/mol. The molecule has 4 aliphatic heterocycles. The van der Waals surface area contributed by atoms with Gasteiger partial charge in [-0.15, -0.1) is 23.1 Å². The van der Waals surface area contributed by atoms with Crippen molar-refractivity contribution in [2.24, 2.45) is 0 Å². The van der Waals surface area contributed by atoms with Crippen molar-refractivity contribution in [1.82, 2.24) is 14.9 Å². The van der Waals surface area contributed by atoms with E-state index in [4.69, 9.17) is 14.2 Å². The van der Waals surface area contributed by atoms with Crippen LogP contribution >= 0.6 is 23.1 Å². The van der Waals surface area contributed by atoms with Gasteiger partial charge in [-0.1, -0.05) is 6.07 Å². The van der Waals surface area contributed by atoms with E-state index in [0.29, 0.717) is 12.2 Å². The van der Waals surface area contributed by atoms with Crippen LogP contribution < -0.4 is 0 Å². The fourth-order valence-corrected chi connectivity index (χ4v) is 7.36. The molecule has 1 aromatic heterocycles. The molecule has 1 N–H and O–H groups in total. The highest BCUT2D eigenvalue weighted by molar-refractivity contribution is 8.00. The van der Waals surface area contributed by atoms with Crippen molar-refractivity contribution in [1.29, 1.82) is 0 Å². The van der Waals surface area contributed by atoms with Crippen molar-refractivity contribution in [3.8, 4) is 0 Å². The average Bonchev–Trinajstić information content (AvgIpc) is 3.35. The number of rotatable bonds is 4. The number of aliphatic hydroxyl groups excluding tert-OH is 1. The highest BCUT2D eigenvalue weighted by Crippen LogP contribution is 2.49. The molecule has 2 fully saturated rings. The molecule has 2 saturated heterocycles. The van der Waals surface area contributed by atoms with Gasteiger partial charge in [-0.25, -0.2) is 13.6 Å². The Balaban J connectivity index is 1.51. The third-order valence-electron chi connectivity index (χ3n) is 6.91. The lowest BCUT2D eigenvalue weighted by Crippen LogP contribution is -2.68. The second-order valence-corrected chi connectivity index (χ2v) is 11.1. The number of ether oxygens (including phenoxy) is 4. The van der Waals surface area contributed by atoms with Crippen molar-refractivity contribution >= 4 is 35.2 Å². The molecule has 10 nitrogen and oxygen atoms in total. The van der Waals surface area contributed by atoms with Crippen molar-refractivity contribution < 1.29 is 42.4 Å². The smallest absolute Gasteiger partial charge is 0.456 e. The van der Waals surface area contributed by atoms with Gasteiger partial charge in [0.1, 0.15) is 12.3 Å². The Morgan fingerprint density at radius 3 is 2.92 bits per heavy atom. The van der Waals surface area contributed by atoms with Gasteiger partial charge in [0, 0.05) is 29.6 Å². The lowest BCUT2D eigenvalue weighted by molar-refractivity contribution is -0.191. The molecule has 0 saturated carbocycles. The van der Waals surface area contributed by atoms with Crippen LogP contribution in [0, 0.1) is 11.6 Å². The van der Waals surface area contributed by atoms with Crippen LogP contribution in [0.15, 0.2) is 51.5 Å². The Labute approximate surface area is 229 Å². The minimum atomic E-state index is -1.30. The summed E-state index contributed by atoms with van der Waals surface area (Å²) in [6.45, 7) is 0.109. The Kier molecular flexibility index (Phi) is 6.97. The molecule has 1 amide bonds. The highest BCUT2D eigenvalue weighted by atomic mass is 32.2. The molecule has 4 aliphatic rings. The van der Waals surface area contributed by atoms with Crippen LogP contribution in [0.2, 0.25) is 0 Å². The molecule has 39 heavy (non-hydrogen) atoms. The molecule has 6 rings (SSSR count). The van der Waals surface area contributed by atoms with Gasteiger partial charge >= 0.3 is 6.16 Å². The molecule has 0 aliphatic carbocycles. The standard InChI is InChI=1S/C25H23F2N3O7S2/c1-34-25(33)37-12-36-22-17(31)4-6-29-21(22)23(32)28-7-8-35-10-18(28)30(29)20-13-2-3-16(26)19(27)15(13)11-39-24-14(20)5-9-38-24/h2-6,9,17-18,20,31H,7-8,10-12H2,1H3. The van der Waals surface area contributed by atoms with Crippen LogP contribution in [0.3, 0.4) is 0 Å². The first-order valence-corrected chi connectivity index (χ1v) is 13.8. The van der Waals surface area contributed by atoms with Crippen LogP contribution in [0.1, 0.15) is 22.7 Å². The maximum atomic E-state index is 15.2. The van der Waals surface area contributed by atoms with Gasteiger partial charge in [0.25, 0.3) is 5.91 Å². The second kappa shape index (κ2) is 10.4. The molecule has 1 aromatic carbocycles. The number of carbonyl (C=O) groups excluding carboxylic acids is 2. The molecular weight excluding hydrogens is 556 g/mol. The number of thioether (sulfide) groups is 1. The first-order chi connectivity index (χ1) is 18.9. The molecule has 2 aromatic rings. The second-order valence-electron chi connectivity index (χ2n) is 8.92. The van der Waals surface area contributed by atoms with Crippen LogP contribution in [0.25, 0.3) is 0 Å². The first-order valence-electron chi connectivity index (χ1n) is 12.0. The first kappa shape index (κ1) is 26.1. The number of nitrogens with zero attached hydrogens (tertiary/aromatic N) is 3. The topological polar surface area (TPSA) is 101 Å². The SMILES string of the molecule is COC(=O)OCOC1=C2C(=O)N3CCOCC3N(C3c4ccsc4SCc4c3ccc(F)c4F)N2C=CC1O. The number of thiophene rings is 1. The quantitative estimate of drug-likeness (QED) is 0.429. The van der Waals surface area contributed by atoms with Gasteiger partial charge in [-0.2, -0.15) is 5.01 Å². The zero-order valence-corrected chi connectivity index (χ0v) is 22.2. The van der Waals surface area contributed by atoms with Crippen molar-refractivity contribution in [3.05, 3.63) is 75.6 Å². The number of fused-ring (bicyclic) bond motifs is 4. The van der Waals surface area contributed by atoms with E-state index in [-0.39, 0.29) is 35.9 Å². The lowest BCUT2D eigenvalue weighted by Gasteiger charge is -2.55. The Morgan fingerprint density at radius 1 is 1.26 bits per heavy atom. The summed E-state index contributed by atoms with van der Waals surface area (Å²) in [7, 11) is 1.14. The summed E-state index contributed by atoms with van der Waals surface area (Å²) in [4.78, 5) is 26.9. The van der Waals surface area contributed by atoms with Gasteiger partial charge in [0.05, 0.1) is 30.6 Å². The summed E-state index contributed by atoms with van der Waals surface area (Å²) < 4.78 is 51.1. The van der Waals surface area contributed by atoms with Crippen molar-refractivity contribution in [2.45, 2.75) is 28.3 Å². The van der Waals surface area contributed by atoms with Gasteiger partial charge < -0.3 is 29.0 Å². The molecule has 206 valence electrons. The third kappa shape index (κ3) is 4.36. The summed E-state index contributed by atoms with van der Waals surface area (Å²) in [6, 6.07) is 3.98. The van der Waals surface area contributed by atoms with E-state index < -0.39 is 48.8 Å². The molecular formula is C25H23F2N3O7S2. The molecule has 0 radical (unpaired) electrons. The molecule has 0 bridgehead atoms. The van der Waals surface area contributed by atoms with Crippen LogP contribution in [-0.4, -0.2) is 78.0 Å². The van der Waals surface area contributed by atoms with Gasteiger partial charge in [-0.3, -0.25) is 9.80 Å². The molecule has 5 heterocycles.